The fourth-order valence-corrected chi connectivity index (χ4v) is 5.31. The van der Waals surface area contributed by atoms with E-state index in [1.54, 1.807) is 7.11 Å². The first kappa shape index (κ1) is 19.4. The van der Waals surface area contributed by atoms with Crippen molar-refractivity contribution in [1.82, 2.24) is 10.2 Å². The Bertz CT molecular complexity index is 683. The maximum absolute atomic E-state index is 5.38. The summed E-state index contributed by atoms with van der Waals surface area (Å²) >= 11 is 0. The van der Waals surface area contributed by atoms with Gasteiger partial charge in [0.25, 0.3) is 0 Å². The van der Waals surface area contributed by atoms with E-state index >= 15 is 0 Å². The summed E-state index contributed by atoms with van der Waals surface area (Å²) in [5.41, 5.74) is 1.85. The van der Waals surface area contributed by atoms with Crippen LogP contribution in [0.1, 0.15) is 45.4 Å². The molecule has 3 aliphatic rings. The van der Waals surface area contributed by atoms with E-state index in [2.05, 4.69) is 40.2 Å². The lowest BCUT2D eigenvalue weighted by molar-refractivity contribution is 0.309. The fourth-order valence-electron chi connectivity index (χ4n) is 5.31. The molecule has 5 heteroatoms. The van der Waals surface area contributed by atoms with Gasteiger partial charge in [-0.3, -0.25) is 4.99 Å². The van der Waals surface area contributed by atoms with Gasteiger partial charge in [0.1, 0.15) is 5.75 Å². The zero-order chi connectivity index (χ0) is 19.4. The quantitative estimate of drug-likeness (QED) is 0.620. The van der Waals surface area contributed by atoms with Gasteiger partial charge in [-0.1, -0.05) is 18.9 Å². The summed E-state index contributed by atoms with van der Waals surface area (Å²) < 4.78 is 5.38. The Balaban J connectivity index is 1.35. The number of benzene rings is 1. The molecule has 1 saturated carbocycles. The van der Waals surface area contributed by atoms with Gasteiger partial charge in [0.05, 0.1) is 7.11 Å². The third-order valence-corrected chi connectivity index (χ3v) is 6.94. The molecule has 0 aromatic heterocycles. The lowest BCUT2D eigenvalue weighted by atomic mass is 9.86. The maximum atomic E-state index is 5.38. The van der Waals surface area contributed by atoms with E-state index in [-0.39, 0.29) is 0 Å². The van der Waals surface area contributed by atoms with Crippen LogP contribution in [0.4, 0.5) is 5.69 Å². The summed E-state index contributed by atoms with van der Waals surface area (Å²) in [4.78, 5) is 10.1. The van der Waals surface area contributed by atoms with Crippen LogP contribution in [0.2, 0.25) is 0 Å². The van der Waals surface area contributed by atoms with E-state index in [0.717, 1.165) is 37.9 Å². The molecule has 2 aliphatic heterocycles. The first-order valence-electron chi connectivity index (χ1n) is 11.1. The van der Waals surface area contributed by atoms with Crippen LogP contribution in [0.3, 0.4) is 0 Å². The van der Waals surface area contributed by atoms with Crippen molar-refractivity contribution in [2.75, 3.05) is 51.3 Å². The van der Waals surface area contributed by atoms with E-state index in [4.69, 9.17) is 9.73 Å². The molecule has 1 aromatic carbocycles. The average Bonchev–Trinajstić information content (AvgIpc) is 3.48. The lowest BCUT2D eigenvalue weighted by Gasteiger charge is -2.26. The number of nitrogens with zero attached hydrogens (tertiary/aromatic N) is 3. The summed E-state index contributed by atoms with van der Waals surface area (Å²) in [6.45, 7) is 8.62. The Hall–Kier alpha value is -1.91. The first-order chi connectivity index (χ1) is 13.7. The van der Waals surface area contributed by atoms with Crippen LogP contribution in [0.15, 0.2) is 29.3 Å². The van der Waals surface area contributed by atoms with Crippen LogP contribution < -0.4 is 15.0 Å². The van der Waals surface area contributed by atoms with Gasteiger partial charge in [-0.25, -0.2) is 0 Å². The summed E-state index contributed by atoms with van der Waals surface area (Å²) in [6, 6.07) is 8.41. The van der Waals surface area contributed by atoms with Gasteiger partial charge in [-0.2, -0.15) is 0 Å². The molecule has 0 bridgehead atoms. The number of hydrogen-bond acceptors (Lipinski definition) is 3. The minimum absolute atomic E-state index is 0.590. The van der Waals surface area contributed by atoms with Crippen LogP contribution in [0, 0.1) is 11.3 Å². The molecule has 1 unspecified atom stereocenters. The van der Waals surface area contributed by atoms with E-state index in [1.807, 2.05) is 6.07 Å². The molecule has 0 radical (unpaired) electrons. The SMILES string of the molecule is CCNC(=NCC1CCN(c2cccc(OC)c2)C1)N1CCC2(CCCC2)C1. The molecule has 1 spiro atoms. The number of hydrogen-bond donors (Lipinski definition) is 1. The highest BCUT2D eigenvalue weighted by molar-refractivity contribution is 5.80. The molecule has 154 valence electrons. The Morgan fingerprint density at radius 3 is 2.89 bits per heavy atom. The van der Waals surface area contributed by atoms with Crippen LogP contribution in [0.25, 0.3) is 0 Å². The average molecular weight is 385 g/mol. The highest BCUT2D eigenvalue weighted by Crippen LogP contribution is 2.45. The molecule has 0 amide bonds. The van der Waals surface area contributed by atoms with Crippen molar-refractivity contribution < 1.29 is 4.74 Å². The summed E-state index contributed by atoms with van der Waals surface area (Å²) in [5.74, 6) is 2.71. The molecular formula is C23H36N4O. The molecule has 2 saturated heterocycles. The predicted octanol–water partition coefficient (Wildman–Crippen LogP) is 3.75. The number of ether oxygens (including phenoxy) is 1. The topological polar surface area (TPSA) is 40.1 Å². The van der Waals surface area contributed by atoms with Crippen LogP contribution in [-0.2, 0) is 0 Å². The molecular weight excluding hydrogens is 348 g/mol. The Morgan fingerprint density at radius 2 is 2.11 bits per heavy atom. The molecule has 2 heterocycles. The zero-order valence-corrected chi connectivity index (χ0v) is 17.6. The standard InChI is InChI=1S/C23H36N4O/c1-3-24-22(27-14-12-23(18-27)10-4-5-11-23)25-16-19-9-13-26(17-19)20-7-6-8-21(15-20)28-2/h6-8,15,19H,3-5,9-14,16-18H2,1-2H3,(H,24,25). The van der Waals surface area contributed by atoms with Gasteiger partial charge < -0.3 is 19.9 Å². The third-order valence-electron chi connectivity index (χ3n) is 6.94. The predicted molar refractivity (Wildman–Crippen MR) is 116 cm³/mol. The third kappa shape index (κ3) is 4.23. The summed E-state index contributed by atoms with van der Waals surface area (Å²) in [7, 11) is 1.73. The number of nitrogens with one attached hydrogen (secondary N) is 1. The van der Waals surface area contributed by atoms with Gasteiger partial charge in [0.2, 0.25) is 0 Å². The smallest absolute Gasteiger partial charge is 0.193 e. The van der Waals surface area contributed by atoms with Gasteiger partial charge >= 0.3 is 0 Å². The first-order valence-corrected chi connectivity index (χ1v) is 11.1. The van der Waals surface area contributed by atoms with Crippen LogP contribution >= 0.6 is 0 Å². The van der Waals surface area contributed by atoms with Crippen molar-refractivity contribution in [3.8, 4) is 5.75 Å². The van der Waals surface area contributed by atoms with Gasteiger partial charge in [-0.15, -0.1) is 0 Å². The van der Waals surface area contributed by atoms with Gasteiger partial charge in [-0.05, 0) is 56.1 Å². The van der Waals surface area contributed by atoms with Crippen molar-refractivity contribution in [3.05, 3.63) is 24.3 Å². The molecule has 3 fully saturated rings. The second kappa shape index (κ2) is 8.62. The number of likely N-dealkylation sites (tertiary alicyclic amines) is 1. The van der Waals surface area contributed by atoms with E-state index < -0.39 is 0 Å². The van der Waals surface area contributed by atoms with Gasteiger partial charge in [0.15, 0.2) is 5.96 Å². The zero-order valence-electron chi connectivity index (χ0n) is 17.6. The highest BCUT2D eigenvalue weighted by atomic mass is 16.5. The Morgan fingerprint density at radius 1 is 1.25 bits per heavy atom. The number of guanidine groups is 1. The van der Waals surface area contributed by atoms with Crippen molar-refractivity contribution in [1.29, 1.82) is 0 Å². The minimum Gasteiger partial charge on any atom is -0.497 e. The largest absolute Gasteiger partial charge is 0.497 e. The molecule has 1 aromatic rings. The number of rotatable bonds is 5. The monoisotopic (exact) mass is 384 g/mol. The van der Waals surface area contributed by atoms with Crippen LogP contribution in [-0.4, -0.2) is 57.2 Å². The van der Waals surface area contributed by atoms with Crippen LogP contribution in [0.5, 0.6) is 5.75 Å². The lowest BCUT2D eigenvalue weighted by Crippen LogP contribution is -2.41. The molecule has 1 atom stereocenters. The summed E-state index contributed by atoms with van der Waals surface area (Å²) in [5, 5.41) is 3.56. The highest BCUT2D eigenvalue weighted by Gasteiger charge is 2.41. The fraction of sp³-hybridized carbons (Fsp3) is 0.696. The van der Waals surface area contributed by atoms with Crippen molar-refractivity contribution >= 4 is 11.6 Å². The molecule has 4 rings (SSSR count). The molecule has 5 nitrogen and oxygen atoms in total. The number of aliphatic imine (C=N–C) groups is 1. The van der Waals surface area contributed by atoms with Gasteiger partial charge in [0, 0.05) is 51.0 Å². The van der Waals surface area contributed by atoms with Crippen molar-refractivity contribution in [2.24, 2.45) is 16.3 Å². The van der Waals surface area contributed by atoms with Crippen molar-refractivity contribution in [3.63, 3.8) is 0 Å². The second-order valence-electron chi connectivity index (χ2n) is 8.88. The molecule has 28 heavy (non-hydrogen) atoms. The van der Waals surface area contributed by atoms with E-state index in [9.17, 15) is 0 Å². The van der Waals surface area contributed by atoms with E-state index in [0.29, 0.717) is 11.3 Å². The summed E-state index contributed by atoms with van der Waals surface area (Å²) in [6.07, 6.45) is 8.24. The maximum Gasteiger partial charge on any atom is 0.193 e. The second-order valence-corrected chi connectivity index (χ2v) is 8.88. The Kier molecular flexibility index (Phi) is 5.98. The normalized spacial score (nSPS) is 24.4. The minimum atomic E-state index is 0.590. The Labute approximate surface area is 170 Å². The number of methoxy groups -OCH3 is 1. The number of anilines is 1. The van der Waals surface area contributed by atoms with E-state index in [1.165, 1.54) is 57.3 Å². The molecule has 1 N–H and O–H groups in total. The molecule has 1 aliphatic carbocycles. The van der Waals surface area contributed by atoms with Crippen molar-refractivity contribution in [2.45, 2.75) is 45.4 Å².